The van der Waals surface area contributed by atoms with Gasteiger partial charge in [0.15, 0.2) is 6.10 Å². The number of amides is 2. The number of rotatable bonds is 11. The molecule has 10 heteroatoms. The van der Waals surface area contributed by atoms with Crippen LogP contribution in [0.2, 0.25) is 0 Å². The Balaban J connectivity index is 2.16. The number of amidine groups is 1. The van der Waals surface area contributed by atoms with Crippen LogP contribution in [0, 0.1) is 17.0 Å². The van der Waals surface area contributed by atoms with Crippen LogP contribution >= 0.6 is 0 Å². The minimum Gasteiger partial charge on any atom is -0.384 e. The lowest BCUT2D eigenvalue weighted by atomic mass is 10.0. The average Bonchev–Trinajstić information content (AvgIpc) is 2.76. The van der Waals surface area contributed by atoms with Crippen LogP contribution in [0.5, 0.6) is 0 Å². The summed E-state index contributed by atoms with van der Waals surface area (Å²) in [6.07, 6.45) is -1.54. The topological polar surface area (TPSA) is 127 Å². The molecule has 0 spiro atoms. The van der Waals surface area contributed by atoms with Gasteiger partial charge < -0.3 is 25.8 Å². The van der Waals surface area contributed by atoms with Crippen molar-refractivity contribution in [2.24, 2.45) is 5.73 Å². The minimum absolute atomic E-state index is 0.0313. The molecule has 0 saturated heterocycles. The second kappa shape index (κ2) is 11.9. The van der Waals surface area contributed by atoms with E-state index in [1.807, 2.05) is 0 Å². The van der Waals surface area contributed by atoms with Gasteiger partial charge in [-0.2, -0.15) is 0 Å². The van der Waals surface area contributed by atoms with Crippen LogP contribution in [-0.2, 0) is 20.8 Å². The first kappa shape index (κ1) is 24.9. The van der Waals surface area contributed by atoms with Crippen LogP contribution in [0.3, 0.4) is 0 Å². The molecular formula is C22H26F2N4O4. The quantitative estimate of drug-likeness (QED) is 0.238. The highest BCUT2D eigenvalue weighted by atomic mass is 19.1. The van der Waals surface area contributed by atoms with Gasteiger partial charge in [-0.3, -0.25) is 15.0 Å². The number of hydrogen-bond acceptors (Lipinski definition) is 5. The molecule has 172 valence electrons. The van der Waals surface area contributed by atoms with E-state index in [-0.39, 0.29) is 37.7 Å². The van der Waals surface area contributed by atoms with Crippen LogP contribution in [0.1, 0.15) is 40.1 Å². The van der Waals surface area contributed by atoms with Crippen molar-refractivity contribution in [3.05, 3.63) is 70.3 Å². The Morgan fingerprint density at radius 2 is 1.72 bits per heavy atom. The lowest BCUT2D eigenvalue weighted by Crippen LogP contribution is -2.32. The maximum absolute atomic E-state index is 14.7. The molecule has 0 aliphatic heterocycles. The minimum atomic E-state index is -1.54. The Morgan fingerprint density at radius 1 is 1.09 bits per heavy atom. The van der Waals surface area contributed by atoms with Gasteiger partial charge in [0.05, 0.1) is 12.2 Å². The molecule has 0 fully saturated rings. The Hall–Kier alpha value is -3.37. The van der Waals surface area contributed by atoms with E-state index in [4.69, 9.17) is 20.6 Å². The van der Waals surface area contributed by atoms with Crippen LogP contribution in [0.15, 0.2) is 36.4 Å². The Morgan fingerprint density at radius 3 is 2.25 bits per heavy atom. The van der Waals surface area contributed by atoms with Crippen molar-refractivity contribution < 1.29 is 27.8 Å². The van der Waals surface area contributed by atoms with E-state index in [1.165, 1.54) is 7.11 Å². The van der Waals surface area contributed by atoms with Gasteiger partial charge >= 0.3 is 0 Å². The maximum Gasteiger partial charge on any atom is 0.254 e. The fraction of sp³-hybridized carbons (Fsp3) is 0.318. The van der Waals surface area contributed by atoms with E-state index in [0.717, 1.165) is 12.1 Å². The molecule has 2 aromatic rings. The van der Waals surface area contributed by atoms with Crippen molar-refractivity contribution in [1.82, 2.24) is 10.6 Å². The summed E-state index contributed by atoms with van der Waals surface area (Å²) in [6.45, 7) is 2.12. The van der Waals surface area contributed by atoms with Gasteiger partial charge in [-0.1, -0.05) is 24.3 Å². The third-order valence-electron chi connectivity index (χ3n) is 4.50. The first-order chi connectivity index (χ1) is 15.3. The van der Waals surface area contributed by atoms with E-state index >= 15 is 0 Å². The van der Waals surface area contributed by atoms with Gasteiger partial charge in [0.2, 0.25) is 0 Å². The number of ether oxygens (including phenoxy) is 2. The summed E-state index contributed by atoms with van der Waals surface area (Å²) in [5.41, 5.74) is 5.83. The number of halogens is 2. The molecule has 0 aromatic heterocycles. The van der Waals surface area contributed by atoms with Crippen molar-refractivity contribution in [2.45, 2.75) is 19.6 Å². The van der Waals surface area contributed by atoms with Gasteiger partial charge in [0, 0.05) is 37.9 Å². The summed E-state index contributed by atoms with van der Waals surface area (Å²) in [7, 11) is 1.46. The van der Waals surface area contributed by atoms with Gasteiger partial charge in [-0.05, 0) is 24.6 Å². The number of nitrogen functional groups attached to an aromatic ring is 1. The molecule has 2 rings (SSSR count). The molecular weight excluding hydrogens is 422 g/mol. The maximum atomic E-state index is 14.7. The molecule has 1 atom stereocenters. The smallest absolute Gasteiger partial charge is 0.254 e. The van der Waals surface area contributed by atoms with Gasteiger partial charge in [0.1, 0.15) is 17.5 Å². The molecule has 0 aliphatic carbocycles. The number of hydrogen-bond donors (Lipinski definition) is 4. The highest BCUT2D eigenvalue weighted by Crippen LogP contribution is 2.26. The predicted molar refractivity (Wildman–Crippen MR) is 114 cm³/mol. The molecule has 0 aliphatic rings. The van der Waals surface area contributed by atoms with Crippen molar-refractivity contribution in [1.29, 1.82) is 5.41 Å². The van der Waals surface area contributed by atoms with Crippen LogP contribution in [-0.4, -0.2) is 44.5 Å². The number of benzene rings is 2. The normalized spacial score (nSPS) is 11.6. The van der Waals surface area contributed by atoms with E-state index in [0.29, 0.717) is 11.1 Å². The van der Waals surface area contributed by atoms with Crippen molar-refractivity contribution in [3.63, 3.8) is 0 Å². The van der Waals surface area contributed by atoms with Crippen LogP contribution in [0.4, 0.5) is 8.78 Å². The van der Waals surface area contributed by atoms with Crippen molar-refractivity contribution in [2.75, 3.05) is 26.9 Å². The molecule has 0 saturated carbocycles. The standard InChI is InChI=1S/C22H26F2N4O4/c1-3-32-19(22(30)28-12-13-4-6-14(7-5-13)20(25)26)18-16(23)10-15(11-17(18)24)21(29)27-8-9-31-2/h4-7,10-11,19H,3,8-9,12H2,1-2H3,(H3,25,26)(H,27,29)(H,28,30). The molecule has 2 aromatic carbocycles. The molecule has 2 amide bonds. The van der Waals surface area contributed by atoms with Crippen molar-refractivity contribution >= 4 is 17.6 Å². The van der Waals surface area contributed by atoms with Crippen molar-refractivity contribution in [3.8, 4) is 0 Å². The summed E-state index contributed by atoms with van der Waals surface area (Å²) in [6, 6.07) is 8.32. The highest BCUT2D eigenvalue weighted by molar-refractivity contribution is 5.95. The SMILES string of the molecule is CCOC(C(=O)NCc1ccc(C(=N)N)cc1)c1c(F)cc(C(=O)NCCOC)cc1F. The summed E-state index contributed by atoms with van der Waals surface area (Å²) in [5, 5.41) is 12.4. The summed E-state index contributed by atoms with van der Waals surface area (Å²) >= 11 is 0. The number of carbonyl (C=O) groups is 2. The molecule has 0 bridgehead atoms. The summed E-state index contributed by atoms with van der Waals surface area (Å²) in [4.78, 5) is 24.7. The Kier molecular flexibility index (Phi) is 9.23. The zero-order valence-corrected chi connectivity index (χ0v) is 17.8. The van der Waals surface area contributed by atoms with Crippen LogP contribution in [0.25, 0.3) is 0 Å². The monoisotopic (exact) mass is 448 g/mol. The lowest BCUT2D eigenvalue weighted by molar-refractivity contribution is -0.133. The zero-order valence-electron chi connectivity index (χ0n) is 17.8. The molecule has 1 unspecified atom stereocenters. The lowest BCUT2D eigenvalue weighted by Gasteiger charge is -2.19. The van der Waals surface area contributed by atoms with Crippen LogP contribution < -0.4 is 16.4 Å². The van der Waals surface area contributed by atoms with Gasteiger partial charge in [-0.15, -0.1) is 0 Å². The second-order valence-corrected chi connectivity index (χ2v) is 6.77. The third-order valence-corrected chi connectivity index (χ3v) is 4.50. The number of methoxy groups -OCH3 is 1. The van der Waals surface area contributed by atoms with Gasteiger partial charge in [-0.25, -0.2) is 8.78 Å². The predicted octanol–water partition coefficient (Wildman–Crippen LogP) is 2.02. The zero-order chi connectivity index (χ0) is 23.7. The Labute approximate surface area is 184 Å². The number of nitrogens with two attached hydrogens (primary N) is 1. The molecule has 0 heterocycles. The largest absolute Gasteiger partial charge is 0.384 e. The van der Waals surface area contributed by atoms with E-state index in [2.05, 4.69) is 10.6 Å². The fourth-order valence-corrected chi connectivity index (χ4v) is 2.88. The summed E-state index contributed by atoms with van der Waals surface area (Å²) < 4.78 is 39.6. The van der Waals surface area contributed by atoms with E-state index in [9.17, 15) is 18.4 Å². The summed E-state index contributed by atoms with van der Waals surface area (Å²) in [5.74, 6) is -3.63. The first-order valence-electron chi connectivity index (χ1n) is 9.87. The number of nitrogens with one attached hydrogen (secondary N) is 3. The average molecular weight is 448 g/mol. The number of carbonyl (C=O) groups excluding carboxylic acids is 2. The second-order valence-electron chi connectivity index (χ2n) is 6.77. The Bertz CT molecular complexity index is 944. The highest BCUT2D eigenvalue weighted by Gasteiger charge is 2.29. The van der Waals surface area contributed by atoms with E-state index in [1.54, 1.807) is 31.2 Å². The molecule has 5 N–H and O–H groups in total. The molecule has 8 nitrogen and oxygen atoms in total. The van der Waals surface area contributed by atoms with E-state index < -0.39 is 35.1 Å². The fourth-order valence-electron chi connectivity index (χ4n) is 2.88. The third kappa shape index (κ3) is 6.56. The first-order valence-corrected chi connectivity index (χ1v) is 9.87. The molecule has 0 radical (unpaired) electrons. The van der Waals surface area contributed by atoms with Gasteiger partial charge in [0.25, 0.3) is 11.8 Å². The molecule has 32 heavy (non-hydrogen) atoms.